The predicted octanol–water partition coefficient (Wildman–Crippen LogP) is 14.1. The highest BCUT2D eigenvalue weighted by Crippen LogP contribution is 2.43. The monoisotopic (exact) mass is 738 g/mol. The van der Waals surface area contributed by atoms with Crippen molar-refractivity contribution >= 4 is 87.2 Å². The van der Waals surface area contributed by atoms with Crippen molar-refractivity contribution in [3.8, 4) is 22.7 Å². The van der Waals surface area contributed by atoms with E-state index in [-0.39, 0.29) is 0 Å². The van der Waals surface area contributed by atoms with Gasteiger partial charge in [-0.2, -0.15) is 0 Å². The molecule has 58 heavy (non-hydrogen) atoms. The fourth-order valence-electron chi connectivity index (χ4n) is 9.97. The molecule has 0 N–H and O–H groups in total. The quantitative estimate of drug-likeness (QED) is 0.171. The Morgan fingerprint density at radius 2 is 0.569 bits per heavy atom. The van der Waals surface area contributed by atoms with Crippen LogP contribution >= 0.6 is 0 Å². The molecule has 0 atom stereocenters. The first-order valence-corrected chi connectivity index (χ1v) is 20.0. The molecule has 0 saturated carbocycles. The molecule has 13 rings (SSSR count). The summed E-state index contributed by atoms with van der Waals surface area (Å²) in [6, 6.07) is 75.4. The van der Waals surface area contributed by atoms with Crippen LogP contribution in [0.5, 0.6) is 0 Å². The number of para-hydroxylation sites is 6. The van der Waals surface area contributed by atoms with Gasteiger partial charge in [-0.15, -0.1) is 0 Å². The minimum absolute atomic E-state index is 1.13. The van der Waals surface area contributed by atoms with Crippen molar-refractivity contribution in [2.24, 2.45) is 0 Å². The maximum Gasteiger partial charge on any atom is 0.0641 e. The highest BCUT2D eigenvalue weighted by molar-refractivity contribution is 6.26. The third-order valence-corrected chi connectivity index (χ3v) is 12.3. The molecule has 13 aromatic rings. The third-order valence-electron chi connectivity index (χ3n) is 12.3. The van der Waals surface area contributed by atoms with Crippen LogP contribution in [0.3, 0.4) is 0 Å². The molecule has 0 radical (unpaired) electrons. The highest BCUT2D eigenvalue weighted by Gasteiger charge is 2.22. The third kappa shape index (κ3) is 4.23. The second-order valence-electron chi connectivity index (χ2n) is 15.3. The smallest absolute Gasteiger partial charge is 0.0641 e. The van der Waals surface area contributed by atoms with E-state index in [0.29, 0.717) is 0 Å². The molecule has 0 unspecified atom stereocenters. The molecule has 0 amide bonds. The highest BCUT2D eigenvalue weighted by atomic mass is 15.0. The van der Waals surface area contributed by atoms with Crippen LogP contribution in [0.1, 0.15) is 0 Å². The fraction of sp³-hybridized carbons (Fsp3) is 0. The molecule has 0 fully saturated rings. The minimum atomic E-state index is 1.13. The van der Waals surface area contributed by atoms with E-state index in [4.69, 9.17) is 0 Å². The molecular formula is C54H34N4. The van der Waals surface area contributed by atoms with E-state index in [1.807, 2.05) is 0 Å². The summed E-state index contributed by atoms with van der Waals surface area (Å²) in [7, 11) is 0. The van der Waals surface area contributed by atoms with Crippen molar-refractivity contribution in [3.63, 3.8) is 0 Å². The molecule has 0 aliphatic carbocycles. The number of rotatable bonds is 4. The van der Waals surface area contributed by atoms with Crippen molar-refractivity contribution in [1.82, 2.24) is 18.3 Å². The molecule has 270 valence electrons. The van der Waals surface area contributed by atoms with Crippen molar-refractivity contribution in [2.45, 2.75) is 0 Å². The maximum absolute atomic E-state index is 2.47. The van der Waals surface area contributed by atoms with Crippen LogP contribution in [0.2, 0.25) is 0 Å². The average molecular weight is 739 g/mol. The summed E-state index contributed by atoms with van der Waals surface area (Å²) in [6.07, 6.45) is 0. The molecule has 9 aromatic carbocycles. The second kappa shape index (κ2) is 11.8. The Morgan fingerprint density at radius 1 is 0.207 bits per heavy atom. The van der Waals surface area contributed by atoms with Gasteiger partial charge < -0.3 is 18.3 Å². The molecule has 0 aliphatic heterocycles. The topological polar surface area (TPSA) is 19.7 Å². The Bertz CT molecular complexity index is 3730. The van der Waals surface area contributed by atoms with Gasteiger partial charge in [0.2, 0.25) is 0 Å². The molecular weight excluding hydrogens is 705 g/mol. The summed E-state index contributed by atoms with van der Waals surface area (Å²) in [5, 5.41) is 9.97. The summed E-state index contributed by atoms with van der Waals surface area (Å²) in [5.74, 6) is 0. The Morgan fingerprint density at radius 3 is 1.12 bits per heavy atom. The van der Waals surface area contributed by atoms with Gasteiger partial charge in [0.15, 0.2) is 0 Å². The van der Waals surface area contributed by atoms with Gasteiger partial charge in [-0.3, -0.25) is 0 Å². The number of benzene rings is 9. The van der Waals surface area contributed by atoms with Crippen LogP contribution in [-0.2, 0) is 0 Å². The van der Waals surface area contributed by atoms with Crippen molar-refractivity contribution in [2.75, 3.05) is 0 Å². The maximum atomic E-state index is 2.47. The van der Waals surface area contributed by atoms with E-state index in [1.54, 1.807) is 0 Å². The lowest BCUT2D eigenvalue weighted by molar-refractivity contribution is 1.16. The SMILES string of the molecule is c1ccc(-n2c3ccc(-n4c5ccccc5c5ccccc54)cc3c3cc(-n4c5ccccc5c5c4ccc4c6ccccc6n(-c6ccccc6)c45)ccc32)cc1. The van der Waals surface area contributed by atoms with Crippen LogP contribution in [-0.4, -0.2) is 18.3 Å². The zero-order chi connectivity index (χ0) is 37.9. The van der Waals surface area contributed by atoms with Crippen molar-refractivity contribution < 1.29 is 0 Å². The Hall–Kier alpha value is -7.82. The van der Waals surface area contributed by atoms with Gasteiger partial charge >= 0.3 is 0 Å². The molecule has 0 saturated heterocycles. The predicted molar refractivity (Wildman–Crippen MR) is 244 cm³/mol. The Kier molecular flexibility index (Phi) is 6.41. The summed E-state index contributed by atoms with van der Waals surface area (Å²) in [6.45, 7) is 0. The van der Waals surface area contributed by atoms with Crippen LogP contribution in [0.25, 0.3) is 110 Å². The molecule has 4 heteroatoms. The normalized spacial score (nSPS) is 12.1. The number of hydrogen-bond donors (Lipinski definition) is 0. The first-order chi connectivity index (χ1) is 28.8. The molecule has 4 heterocycles. The van der Waals surface area contributed by atoms with Crippen molar-refractivity contribution in [1.29, 1.82) is 0 Å². The van der Waals surface area contributed by atoms with Gasteiger partial charge in [0.1, 0.15) is 0 Å². The first-order valence-electron chi connectivity index (χ1n) is 20.0. The van der Waals surface area contributed by atoms with Gasteiger partial charge in [-0.1, -0.05) is 115 Å². The zero-order valence-corrected chi connectivity index (χ0v) is 31.4. The minimum Gasteiger partial charge on any atom is -0.309 e. The van der Waals surface area contributed by atoms with E-state index in [1.165, 1.54) is 87.2 Å². The average Bonchev–Trinajstić information content (AvgIpc) is 4.01. The Balaban J connectivity index is 1.13. The molecule has 4 aromatic heterocycles. The van der Waals surface area contributed by atoms with Crippen LogP contribution in [0.15, 0.2) is 206 Å². The number of hydrogen-bond acceptors (Lipinski definition) is 0. The molecule has 0 aliphatic rings. The first kappa shape index (κ1) is 31.4. The lowest BCUT2D eigenvalue weighted by atomic mass is 10.1. The number of fused-ring (bicyclic) bond motifs is 13. The molecule has 4 nitrogen and oxygen atoms in total. The van der Waals surface area contributed by atoms with Crippen LogP contribution in [0.4, 0.5) is 0 Å². The number of nitrogens with zero attached hydrogens (tertiary/aromatic N) is 4. The zero-order valence-electron chi connectivity index (χ0n) is 31.4. The fourth-order valence-corrected chi connectivity index (χ4v) is 9.97. The van der Waals surface area contributed by atoms with Crippen LogP contribution in [0, 0.1) is 0 Å². The lowest BCUT2D eigenvalue weighted by Gasteiger charge is -2.11. The van der Waals surface area contributed by atoms with Crippen molar-refractivity contribution in [3.05, 3.63) is 206 Å². The lowest BCUT2D eigenvalue weighted by Crippen LogP contribution is -1.96. The number of aromatic nitrogens is 4. The summed E-state index contributed by atoms with van der Waals surface area (Å²) in [4.78, 5) is 0. The molecule has 0 bridgehead atoms. The largest absolute Gasteiger partial charge is 0.309 e. The van der Waals surface area contributed by atoms with Crippen LogP contribution < -0.4 is 0 Å². The standard InChI is InChI=1S/C54H34N4/c1-3-15-35(16-4-1)55-50-30-27-37(56-46-23-11-7-19-39(46)40-20-8-12-24-47(40)56)33-44(50)45-34-38(28-31-51(45)55)57-49-26-14-10-22-43(49)53-52(57)32-29-42-41-21-9-13-25-48(41)58(54(42)53)36-17-5-2-6-18-36/h1-34H. The van der Waals surface area contributed by atoms with Gasteiger partial charge in [0.05, 0.1) is 44.1 Å². The Labute approximate surface area is 333 Å². The van der Waals surface area contributed by atoms with Gasteiger partial charge in [-0.05, 0) is 91.0 Å². The van der Waals surface area contributed by atoms with E-state index < -0.39 is 0 Å². The second-order valence-corrected chi connectivity index (χ2v) is 15.3. The van der Waals surface area contributed by atoms with E-state index >= 15 is 0 Å². The van der Waals surface area contributed by atoms with E-state index in [9.17, 15) is 0 Å². The van der Waals surface area contributed by atoms with Gasteiger partial charge in [0, 0.05) is 65.8 Å². The van der Waals surface area contributed by atoms with Gasteiger partial charge in [0.25, 0.3) is 0 Å². The summed E-state index contributed by atoms with van der Waals surface area (Å²) < 4.78 is 9.76. The summed E-state index contributed by atoms with van der Waals surface area (Å²) in [5.41, 5.74) is 14.2. The summed E-state index contributed by atoms with van der Waals surface area (Å²) >= 11 is 0. The van der Waals surface area contributed by atoms with Gasteiger partial charge in [-0.25, -0.2) is 0 Å². The molecule has 0 spiro atoms. The van der Waals surface area contributed by atoms with E-state index in [0.717, 1.165) is 22.7 Å². The van der Waals surface area contributed by atoms with E-state index in [2.05, 4.69) is 225 Å².